The van der Waals surface area contributed by atoms with Gasteiger partial charge in [0.25, 0.3) is 0 Å². The van der Waals surface area contributed by atoms with Gasteiger partial charge in [-0.1, -0.05) is 0 Å². The standard InChI is InChI=1S/C16H17N3S/c1-9-10(2)16-15(8-12(9)17)20-14-7-11(19(3)4)5-6-13(14)18-16/h5-8,17H,1-4H3/p+1. The summed E-state index contributed by atoms with van der Waals surface area (Å²) in [4.78, 5) is 6.00. The van der Waals surface area contributed by atoms with Gasteiger partial charge in [-0.15, -0.1) is 11.3 Å². The van der Waals surface area contributed by atoms with Gasteiger partial charge in [-0.25, -0.2) is 9.56 Å². The molecule has 3 nitrogen and oxygen atoms in total. The lowest BCUT2D eigenvalue weighted by Crippen LogP contribution is -2.21. The van der Waals surface area contributed by atoms with E-state index in [0.29, 0.717) is 0 Å². The molecule has 0 saturated carbocycles. The van der Waals surface area contributed by atoms with Gasteiger partial charge in [-0.3, -0.25) is 0 Å². The molecule has 1 aromatic rings. The Balaban J connectivity index is 2.45. The number of nitrogens with zero attached hydrogens (tertiary/aromatic N) is 2. The summed E-state index contributed by atoms with van der Waals surface area (Å²) in [5, 5.41) is 1.19. The second-order valence-electron chi connectivity index (χ2n) is 5.32. The normalized spacial score (nSPS) is 11.2. The van der Waals surface area contributed by atoms with Gasteiger partial charge >= 0.3 is 0 Å². The molecular weight excluding hydrogens is 266 g/mol. The van der Waals surface area contributed by atoms with Crippen LogP contribution in [0.4, 0.5) is 5.69 Å². The molecule has 0 fully saturated rings. The number of aromatic nitrogens is 1. The third-order valence-corrected chi connectivity index (χ3v) is 4.86. The van der Waals surface area contributed by atoms with E-state index >= 15 is 0 Å². The van der Waals surface area contributed by atoms with Gasteiger partial charge < -0.3 is 5.73 Å². The molecule has 4 heteroatoms. The van der Waals surface area contributed by atoms with Crippen LogP contribution < -0.4 is 15.7 Å². The predicted octanol–water partition coefficient (Wildman–Crippen LogP) is 2.63. The van der Waals surface area contributed by atoms with Crippen LogP contribution in [0.2, 0.25) is 0 Å². The summed E-state index contributed by atoms with van der Waals surface area (Å²) in [6, 6.07) is 8.41. The number of hydrogen-bond donors (Lipinski definition) is 1. The number of fused-ring (bicyclic) bond motifs is 2. The molecule has 0 atom stereocenters. The van der Waals surface area contributed by atoms with Crippen LogP contribution in [-0.2, 0) is 0 Å². The van der Waals surface area contributed by atoms with Crippen molar-refractivity contribution >= 4 is 27.2 Å². The molecule has 20 heavy (non-hydrogen) atoms. The fourth-order valence-electron chi connectivity index (χ4n) is 2.31. The Bertz CT molecular complexity index is 858. The molecule has 1 aliphatic heterocycles. The first-order valence-electron chi connectivity index (χ1n) is 6.58. The van der Waals surface area contributed by atoms with Gasteiger partial charge in [0.05, 0.1) is 20.8 Å². The quantitative estimate of drug-likeness (QED) is 0.392. The lowest BCUT2D eigenvalue weighted by Gasteiger charge is -2.11. The van der Waals surface area contributed by atoms with Crippen molar-refractivity contribution in [3.05, 3.63) is 40.7 Å². The van der Waals surface area contributed by atoms with Gasteiger partial charge in [0, 0.05) is 17.8 Å². The van der Waals surface area contributed by atoms with Crippen LogP contribution >= 0.6 is 11.3 Å². The maximum absolute atomic E-state index is 6.08. The molecule has 2 aliphatic rings. The summed E-state index contributed by atoms with van der Waals surface area (Å²) in [5.74, 6) is 0. The third kappa shape index (κ3) is 1.96. The van der Waals surface area contributed by atoms with Crippen LogP contribution in [0.1, 0.15) is 11.1 Å². The van der Waals surface area contributed by atoms with Gasteiger partial charge in [-0.2, -0.15) is 0 Å². The molecule has 0 radical (unpaired) electrons. The van der Waals surface area contributed by atoms with Crippen LogP contribution in [0.5, 0.6) is 0 Å². The van der Waals surface area contributed by atoms with Crippen LogP contribution in [0, 0.1) is 13.8 Å². The Morgan fingerprint density at radius 1 is 1.10 bits per heavy atom. The Hall–Kier alpha value is -1.94. The number of rotatable bonds is 0. The van der Waals surface area contributed by atoms with Crippen molar-refractivity contribution in [1.82, 2.24) is 9.56 Å². The molecule has 0 unspecified atom stereocenters. The highest BCUT2D eigenvalue weighted by Crippen LogP contribution is 2.34. The summed E-state index contributed by atoms with van der Waals surface area (Å²) in [6.45, 7) is 4.14. The molecule has 3 rings (SSSR count). The van der Waals surface area contributed by atoms with Crippen molar-refractivity contribution in [2.75, 3.05) is 19.8 Å². The molecule has 0 aromatic heterocycles. The average molecular weight is 284 g/mol. The summed E-state index contributed by atoms with van der Waals surface area (Å²) < 4.78 is 3.25. The van der Waals surface area contributed by atoms with Crippen LogP contribution in [0.25, 0.3) is 20.8 Å². The first kappa shape index (κ1) is 13.1. The minimum atomic E-state index is 0.844. The van der Waals surface area contributed by atoms with E-state index in [1.54, 1.807) is 11.3 Å². The lowest BCUT2D eigenvalue weighted by molar-refractivity contribution is 0.814. The Morgan fingerprint density at radius 3 is 2.55 bits per heavy atom. The minimum absolute atomic E-state index is 0.844. The molecule has 1 aromatic carbocycles. The highest BCUT2D eigenvalue weighted by atomic mass is 32.1. The van der Waals surface area contributed by atoms with Crippen molar-refractivity contribution in [3.8, 4) is 10.6 Å². The second-order valence-corrected chi connectivity index (χ2v) is 6.41. The molecule has 0 saturated heterocycles. The van der Waals surface area contributed by atoms with E-state index in [9.17, 15) is 0 Å². The minimum Gasteiger partial charge on any atom is -0.398 e. The second kappa shape index (κ2) is 4.56. The molecule has 0 amide bonds. The molecule has 1 heterocycles. The molecule has 0 bridgehead atoms. The van der Waals surface area contributed by atoms with Gasteiger partial charge in [0.1, 0.15) is 14.1 Å². The topological polar surface area (TPSA) is 41.9 Å². The zero-order valence-electron chi connectivity index (χ0n) is 12.2. The van der Waals surface area contributed by atoms with Crippen molar-refractivity contribution in [2.45, 2.75) is 13.8 Å². The van der Waals surface area contributed by atoms with Crippen LogP contribution in [0.3, 0.4) is 0 Å². The van der Waals surface area contributed by atoms with E-state index in [2.05, 4.69) is 36.6 Å². The Labute approximate surface area is 122 Å². The lowest BCUT2D eigenvalue weighted by atomic mass is 10.1. The van der Waals surface area contributed by atoms with Crippen LogP contribution in [-0.4, -0.2) is 19.1 Å². The monoisotopic (exact) mass is 284 g/mol. The highest BCUT2D eigenvalue weighted by molar-refractivity contribution is 7.21. The molecule has 0 spiro atoms. The van der Waals surface area contributed by atoms with Gasteiger partial charge in [0.15, 0.2) is 0 Å². The first-order chi connectivity index (χ1) is 9.47. The molecular formula is C16H18N3S+. The maximum Gasteiger partial charge on any atom is 0.201 e. The summed E-state index contributed by atoms with van der Waals surface area (Å²) in [7, 11) is 4.09. The SMILES string of the molecule is Cc1c(N)cc2sc3cc(=[N+](C)C)ccc-3nc2c1C. The summed E-state index contributed by atoms with van der Waals surface area (Å²) in [6.07, 6.45) is 0. The zero-order valence-corrected chi connectivity index (χ0v) is 13.0. The summed E-state index contributed by atoms with van der Waals surface area (Å²) in [5.41, 5.74) is 11.3. The van der Waals surface area contributed by atoms with E-state index in [0.717, 1.165) is 27.2 Å². The summed E-state index contributed by atoms with van der Waals surface area (Å²) >= 11 is 1.75. The molecule has 1 aliphatic carbocycles. The largest absolute Gasteiger partial charge is 0.398 e. The number of anilines is 1. The Morgan fingerprint density at radius 2 is 1.85 bits per heavy atom. The van der Waals surface area contributed by atoms with Crippen molar-refractivity contribution < 1.29 is 0 Å². The van der Waals surface area contributed by atoms with E-state index in [-0.39, 0.29) is 0 Å². The average Bonchev–Trinajstić information content (AvgIpc) is 2.42. The van der Waals surface area contributed by atoms with Gasteiger partial charge in [0.2, 0.25) is 5.36 Å². The third-order valence-electron chi connectivity index (χ3n) is 3.78. The van der Waals surface area contributed by atoms with E-state index in [1.165, 1.54) is 15.8 Å². The number of aryl methyl sites for hydroxylation is 1. The van der Waals surface area contributed by atoms with Gasteiger partial charge in [-0.05, 0) is 37.1 Å². The number of nitrogens with two attached hydrogens (primary N) is 1. The molecule has 2 N–H and O–H groups in total. The smallest absolute Gasteiger partial charge is 0.201 e. The fourth-order valence-corrected chi connectivity index (χ4v) is 3.42. The van der Waals surface area contributed by atoms with E-state index in [1.807, 2.05) is 20.2 Å². The number of hydrogen-bond acceptors (Lipinski definition) is 3. The van der Waals surface area contributed by atoms with Crippen molar-refractivity contribution in [1.29, 1.82) is 0 Å². The highest BCUT2D eigenvalue weighted by Gasteiger charge is 2.12. The molecule has 102 valence electrons. The van der Waals surface area contributed by atoms with E-state index < -0.39 is 0 Å². The Kier molecular flexibility index (Phi) is 2.98. The maximum atomic E-state index is 6.08. The van der Waals surface area contributed by atoms with E-state index in [4.69, 9.17) is 10.7 Å². The predicted molar refractivity (Wildman–Crippen MR) is 87.2 cm³/mol. The first-order valence-corrected chi connectivity index (χ1v) is 7.39. The fraction of sp³-hybridized carbons (Fsp3) is 0.250. The van der Waals surface area contributed by atoms with Crippen LogP contribution in [0.15, 0.2) is 24.3 Å². The van der Waals surface area contributed by atoms with Crippen molar-refractivity contribution in [3.63, 3.8) is 0 Å². The zero-order chi connectivity index (χ0) is 14.4. The van der Waals surface area contributed by atoms with Crippen molar-refractivity contribution in [2.24, 2.45) is 0 Å². The number of benzene rings is 2. The number of nitrogen functional groups attached to an aromatic ring is 1.